The number of benzene rings is 2. The van der Waals surface area contributed by atoms with Crippen LogP contribution < -0.4 is 4.74 Å². The first-order chi connectivity index (χ1) is 9.42. The van der Waals surface area contributed by atoms with Gasteiger partial charge in [-0.1, -0.05) is 45.8 Å². The summed E-state index contributed by atoms with van der Waals surface area (Å²) in [6, 6.07) is 13.8. The van der Waals surface area contributed by atoms with Crippen LogP contribution in [0.1, 0.15) is 23.6 Å². The van der Waals surface area contributed by atoms with E-state index in [2.05, 4.69) is 22.0 Å². The molecule has 0 fully saturated rings. The second kappa shape index (κ2) is 5.98. The second-order valence-electron chi connectivity index (χ2n) is 5.27. The van der Waals surface area contributed by atoms with E-state index < -0.39 is 5.60 Å². The molecule has 2 nitrogen and oxygen atoms in total. The van der Waals surface area contributed by atoms with Crippen LogP contribution in [0.2, 0.25) is 0 Å². The molecule has 2 aromatic rings. The molecule has 0 spiro atoms. The van der Waals surface area contributed by atoms with Crippen LogP contribution in [0.25, 0.3) is 0 Å². The fourth-order valence-corrected chi connectivity index (χ4v) is 2.59. The van der Waals surface area contributed by atoms with E-state index in [9.17, 15) is 5.11 Å². The maximum absolute atomic E-state index is 10.8. The molecule has 1 unspecified atom stereocenters. The molecule has 1 atom stereocenters. The molecule has 106 valence electrons. The molecule has 0 amide bonds. The van der Waals surface area contributed by atoms with E-state index >= 15 is 0 Å². The topological polar surface area (TPSA) is 29.5 Å². The summed E-state index contributed by atoms with van der Waals surface area (Å²) in [4.78, 5) is 0. The predicted octanol–water partition coefficient (Wildman–Crippen LogP) is 4.22. The van der Waals surface area contributed by atoms with Gasteiger partial charge in [0.1, 0.15) is 5.75 Å². The van der Waals surface area contributed by atoms with Crippen molar-refractivity contribution in [2.24, 2.45) is 0 Å². The first-order valence-electron chi connectivity index (χ1n) is 6.54. The Hall–Kier alpha value is -1.32. The largest absolute Gasteiger partial charge is 0.496 e. The molecule has 0 bridgehead atoms. The Morgan fingerprint density at radius 1 is 1.15 bits per heavy atom. The highest BCUT2D eigenvalue weighted by molar-refractivity contribution is 9.10. The summed E-state index contributed by atoms with van der Waals surface area (Å²) < 4.78 is 6.39. The normalized spacial score (nSPS) is 13.8. The van der Waals surface area contributed by atoms with Gasteiger partial charge < -0.3 is 9.84 Å². The van der Waals surface area contributed by atoms with E-state index in [-0.39, 0.29) is 0 Å². The van der Waals surface area contributed by atoms with Crippen LogP contribution in [-0.4, -0.2) is 12.2 Å². The van der Waals surface area contributed by atoms with Crippen molar-refractivity contribution in [1.29, 1.82) is 0 Å². The average molecular weight is 335 g/mol. The van der Waals surface area contributed by atoms with Gasteiger partial charge in [-0.15, -0.1) is 0 Å². The maximum Gasteiger partial charge on any atom is 0.122 e. The van der Waals surface area contributed by atoms with Crippen LogP contribution in [0.3, 0.4) is 0 Å². The Balaban J connectivity index is 2.32. The Labute approximate surface area is 128 Å². The van der Waals surface area contributed by atoms with Crippen molar-refractivity contribution in [2.45, 2.75) is 25.9 Å². The second-order valence-corrected chi connectivity index (χ2v) is 6.19. The SMILES string of the molecule is COc1ccc(C)cc1CC(C)(O)c1ccc(Br)cc1. The quantitative estimate of drug-likeness (QED) is 0.907. The van der Waals surface area contributed by atoms with E-state index in [1.165, 1.54) is 0 Å². The fourth-order valence-electron chi connectivity index (χ4n) is 2.33. The minimum atomic E-state index is -0.929. The van der Waals surface area contributed by atoms with Crippen molar-refractivity contribution in [3.63, 3.8) is 0 Å². The molecule has 0 aromatic heterocycles. The molecule has 1 N–H and O–H groups in total. The zero-order valence-corrected chi connectivity index (χ0v) is 13.6. The molecule has 0 heterocycles. The minimum Gasteiger partial charge on any atom is -0.496 e. The molecule has 20 heavy (non-hydrogen) atoms. The Bertz CT molecular complexity index is 588. The highest BCUT2D eigenvalue weighted by Crippen LogP contribution is 2.30. The van der Waals surface area contributed by atoms with E-state index in [0.29, 0.717) is 6.42 Å². The molecule has 0 aliphatic carbocycles. The minimum absolute atomic E-state index is 0.513. The third-order valence-corrected chi connectivity index (χ3v) is 3.97. The number of methoxy groups -OCH3 is 1. The summed E-state index contributed by atoms with van der Waals surface area (Å²) in [5.74, 6) is 0.813. The summed E-state index contributed by atoms with van der Waals surface area (Å²) in [5.41, 5.74) is 2.14. The van der Waals surface area contributed by atoms with Gasteiger partial charge in [0.25, 0.3) is 0 Å². The van der Waals surface area contributed by atoms with Crippen molar-refractivity contribution in [3.8, 4) is 5.75 Å². The van der Waals surface area contributed by atoms with Crippen LogP contribution in [0.5, 0.6) is 5.75 Å². The lowest BCUT2D eigenvalue weighted by Crippen LogP contribution is -2.24. The first-order valence-corrected chi connectivity index (χ1v) is 7.33. The standard InChI is InChI=1S/C17H19BrO2/c1-12-4-9-16(20-3)13(10-12)11-17(2,19)14-5-7-15(18)8-6-14/h4-10,19H,11H2,1-3H3. The van der Waals surface area contributed by atoms with Crippen LogP contribution in [0.4, 0.5) is 0 Å². The van der Waals surface area contributed by atoms with Gasteiger partial charge in [-0.3, -0.25) is 0 Å². The molecular weight excluding hydrogens is 316 g/mol. The Kier molecular flexibility index (Phi) is 4.51. The van der Waals surface area contributed by atoms with Crippen molar-refractivity contribution >= 4 is 15.9 Å². The molecule has 0 saturated carbocycles. The van der Waals surface area contributed by atoms with Gasteiger partial charge >= 0.3 is 0 Å². The number of hydrogen-bond donors (Lipinski definition) is 1. The number of aryl methyl sites for hydroxylation is 1. The lowest BCUT2D eigenvalue weighted by atomic mass is 9.88. The van der Waals surface area contributed by atoms with Crippen LogP contribution in [0.15, 0.2) is 46.9 Å². The molecule has 0 aliphatic heterocycles. The smallest absolute Gasteiger partial charge is 0.122 e. The number of halogens is 1. The molecule has 0 saturated heterocycles. The van der Waals surface area contributed by atoms with Crippen LogP contribution in [-0.2, 0) is 12.0 Å². The lowest BCUT2D eigenvalue weighted by molar-refractivity contribution is 0.0569. The van der Waals surface area contributed by atoms with Crippen molar-refractivity contribution < 1.29 is 9.84 Å². The highest BCUT2D eigenvalue weighted by Gasteiger charge is 2.25. The van der Waals surface area contributed by atoms with Gasteiger partial charge in [0.2, 0.25) is 0 Å². The Morgan fingerprint density at radius 2 is 1.80 bits per heavy atom. The summed E-state index contributed by atoms with van der Waals surface area (Å²) in [7, 11) is 1.66. The van der Waals surface area contributed by atoms with E-state index in [1.807, 2.05) is 50.2 Å². The van der Waals surface area contributed by atoms with Gasteiger partial charge in [-0.05, 0) is 43.2 Å². The van der Waals surface area contributed by atoms with E-state index in [1.54, 1.807) is 7.11 Å². The molecule has 2 rings (SSSR count). The van der Waals surface area contributed by atoms with Crippen LogP contribution in [0, 0.1) is 6.92 Å². The monoisotopic (exact) mass is 334 g/mol. The number of hydrogen-bond acceptors (Lipinski definition) is 2. The molecule has 0 radical (unpaired) electrons. The van der Waals surface area contributed by atoms with E-state index in [4.69, 9.17) is 4.74 Å². The molecule has 0 aliphatic rings. The third kappa shape index (κ3) is 3.41. The van der Waals surface area contributed by atoms with Gasteiger partial charge in [0.05, 0.1) is 12.7 Å². The fraction of sp³-hybridized carbons (Fsp3) is 0.294. The van der Waals surface area contributed by atoms with Crippen molar-refractivity contribution in [1.82, 2.24) is 0 Å². The van der Waals surface area contributed by atoms with Gasteiger partial charge in [-0.2, -0.15) is 0 Å². The number of aliphatic hydroxyl groups is 1. The molecule has 2 aromatic carbocycles. The molecular formula is C17H19BrO2. The van der Waals surface area contributed by atoms with E-state index in [0.717, 1.165) is 26.9 Å². The summed E-state index contributed by atoms with van der Waals surface area (Å²) in [5, 5.41) is 10.8. The van der Waals surface area contributed by atoms with Gasteiger partial charge in [0, 0.05) is 10.9 Å². The average Bonchev–Trinajstić information content (AvgIpc) is 2.39. The van der Waals surface area contributed by atoms with Crippen LogP contribution >= 0.6 is 15.9 Å². The Morgan fingerprint density at radius 3 is 2.40 bits per heavy atom. The first kappa shape index (κ1) is 15.1. The zero-order chi connectivity index (χ0) is 14.8. The number of rotatable bonds is 4. The summed E-state index contributed by atoms with van der Waals surface area (Å²) in [6.45, 7) is 3.87. The van der Waals surface area contributed by atoms with Crippen molar-refractivity contribution in [2.75, 3.05) is 7.11 Å². The zero-order valence-electron chi connectivity index (χ0n) is 12.0. The van der Waals surface area contributed by atoms with Gasteiger partial charge in [0.15, 0.2) is 0 Å². The summed E-state index contributed by atoms with van der Waals surface area (Å²) in [6.07, 6.45) is 0.513. The van der Waals surface area contributed by atoms with Crippen molar-refractivity contribution in [3.05, 3.63) is 63.6 Å². The highest BCUT2D eigenvalue weighted by atomic mass is 79.9. The number of ether oxygens (including phenoxy) is 1. The maximum atomic E-state index is 10.8. The lowest BCUT2D eigenvalue weighted by Gasteiger charge is -2.25. The summed E-state index contributed by atoms with van der Waals surface area (Å²) >= 11 is 3.41. The van der Waals surface area contributed by atoms with Gasteiger partial charge in [-0.25, -0.2) is 0 Å². The third-order valence-electron chi connectivity index (χ3n) is 3.44. The predicted molar refractivity (Wildman–Crippen MR) is 85.1 cm³/mol. The molecule has 3 heteroatoms.